The highest BCUT2D eigenvalue weighted by Gasteiger charge is 2.79. The smallest absolute Gasteiger partial charge is 0.322 e. The van der Waals surface area contributed by atoms with Crippen LogP contribution in [-0.2, 0) is 50.6 Å². The van der Waals surface area contributed by atoms with Crippen molar-refractivity contribution in [2.24, 2.45) is 22.2 Å². The van der Waals surface area contributed by atoms with Crippen LogP contribution in [0.3, 0.4) is 0 Å². The predicted molar refractivity (Wildman–Crippen MR) is 291 cm³/mol. The van der Waals surface area contributed by atoms with Crippen molar-refractivity contribution in [1.29, 1.82) is 0 Å². The molecule has 4 aliphatic carbocycles. The molecule has 6 N–H and O–H groups in total. The number of aromatic nitrogens is 1. The number of nitrogens with zero attached hydrogens (tertiary/aromatic N) is 3. The van der Waals surface area contributed by atoms with Gasteiger partial charge in [-0.3, -0.25) is 24.2 Å². The van der Waals surface area contributed by atoms with Crippen LogP contribution in [0.2, 0.25) is 0 Å². The fraction of sp³-hybridized carbons (Fsp3) is 0.683. The molecule has 3 aromatic rings. The fourth-order valence-electron chi connectivity index (χ4n) is 17.3. The number of ketones is 1. The first-order valence-corrected chi connectivity index (χ1v) is 28.6. The van der Waals surface area contributed by atoms with E-state index in [1.54, 1.807) is 14.2 Å². The molecular formula is C60H84N6O11. The molecule has 0 radical (unpaired) electrons. The summed E-state index contributed by atoms with van der Waals surface area (Å²) in [4.78, 5) is 54.4. The lowest BCUT2D eigenvalue weighted by Crippen LogP contribution is -2.82. The van der Waals surface area contributed by atoms with Crippen LogP contribution in [0.15, 0.2) is 48.6 Å². The number of hydrogen-bond donors (Lipinski definition) is 6. The van der Waals surface area contributed by atoms with Crippen LogP contribution in [0, 0.1) is 22.2 Å². The Morgan fingerprint density at radius 2 is 1.60 bits per heavy atom. The van der Waals surface area contributed by atoms with E-state index in [4.69, 9.17) is 23.7 Å². The first kappa shape index (κ1) is 54.5. The molecule has 17 heteroatoms. The number of aromatic amines is 1. The Balaban J connectivity index is 0.921. The molecule has 6 heterocycles. The number of ether oxygens (including phenoxy) is 5. The number of para-hydroxylation sites is 1. The van der Waals surface area contributed by atoms with Crippen molar-refractivity contribution in [3.8, 4) is 5.75 Å². The van der Waals surface area contributed by atoms with Crippen molar-refractivity contribution in [2.45, 2.75) is 125 Å². The molecule has 1 spiro atoms. The van der Waals surface area contributed by atoms with Gasteiger partial charge in [0.05, 0.1) is 58.8 Å². The summed E-state index contributed by atoms with van der Waals surface area (Å²) in [6.07, 6.45) is 10.9. The minimum Gasteiger partial charge on any atom is -0.496 e. The molecule has 1 aromatic heterocycles. The molecule has 17 nitrogen and oxygen atoms in total. The Bertz CT molecular complexity index is 2740. The molecule has 420 valence electrons. The average Bonchev–Trinajstić information content (AvgIpc) is 3.83. The molecule has 9 aliphatic rings. The molecule has 4 saturated carbocycles. The molecule has 12 rings (SSSR count). The summed E-state index contributed by atoms with van der Waals surface area (Å²) in [5.41, 5.74) is -1.62. The standard InChI is InChI=1S/C60H84N6O11/c1-7-57-14-10-22-66-24-21-58(49(57)66)43-29-44(59(53(70)75-6)32-39-31-54(2,71)38-65(34-39)23-13-42-41-11-8-9-12-45(41)63-48(42)59)47(74-5)30-46(43)64(3)50(58)60(72,51(57)68)52(69)62-37-56-18-15-55(16-19-56,17-20-56)36-61-33-40(67)35-77-28-27-76-26-25-73-4/h8-12,14,29-30,39,49-51,61,63,68,71-72H,7,13,15-28,31-38H2,1-6H3,(H,62,69)/t39?,49?,50?,51-,54+,55?,56?,57-,58?,59-,60+/m1/s1. The third kappa shape index (κ3) is 8.70. The lowest BCUT2D eigenvalue weighted by molar-refractivity contribution is -0.204. The molecule has 77 heavy (non-hydrogen) atoms. The van der Waals surface area contributed by atoms with Gasteiger partial charge in [0.25, 0.3) is 5.91 Å². The summed E-state index contributed by atoms with van der Waals surface area (Å²) in [6, 6.07) is 11.2. The van der Waals surface area contributed by atoms with E-state index in [1.165, 1.54) is 7.11 Å². The van der Waals surface area contributed by atoms with Crippen LogP contribution >= 0.6 is 0 Å². The van der Waals surface area contributed by atoms with Crippen molar-refractivity contribution >= 4 is 34.3 Å². The van der Waals surface area contributed by atoms with Gasteiger partial charge >= 0.3 is 5.97 Å². The summed E-state index contributed by atoms with van der Waals surface area (Å²) in [5.74, 6) is -0.624. The van der Waals surface area contributed by atoms with E-state index >= 15 is 9.59 Å². The van der Waals surface area contributed by atoms with E-state index in [1.807, 2.05) is 37.1 Å². The number of esters is 1. The monoisotopic (exact) mass is 1060 g/mol. The van der Waals surface area contributed by atoms with Crippen LogP contribution in [0.5, 0.6) is 5.75 Å². The number of likely N-dealkylation sites (N-methyl/N-ethyl adjacent to an activating group) is 1. The number of fused-ring (bicyclic) bond motifs is 9. The maximum atomic E-state index is 15.6. The van der Waals surface area contributed by atoms with Gasteiger partial charge in [0.15, 0.2) is 11.4 Å². The van der Waals surface area contributed by atoms with Gasteiger partial charge < -0.3 is 59.5 Å². The van der Waals surface area contributed by atoms with Gasteiger partial charge in [0.1, 0.15) is 23.9 Å². The summed E-state index contributed by atoms with van der Waals surface area (Å²) < 4.78 is 28.4. The molecule has 10 atom stereocenters. The lowest BCUT2D eigenvalue weighted by Gasteiger charge is -2.63. The van der Waals surface area contributed by atoms with Crippen molar-refractivity contribution in [2.75, 3.05) is 119 Å². The van der Waals surface area contributed by atoms with E-state index in [0.29, 0.717) is 109 Å². The van der Waals surface area contributed by atoms with E-state index in [9.17, 15) is 20.1 Å². The third-order valence-corrected chi connectivity index (χ3v) is 20.7. The summed E-state index contributed by atoms with van der Waals surface area (Å²) in [5, 5.41) is 46.7. The highest BCUT2D eigenvalue weighted by atomic mass is 16.5. The number of H-pyrrole nitrogens is 1. The number of rotatable bonds is 19. The third-order valence-electron chi connectivity index (χ3n) is 20.7. The average molecular weight is 1070 g/mol. The number of methoxy groups -OCH3 is 3. The van der Waals surface area contributed by atoms with E-state index < -0.39 is 51.5 Å². The Kier molecular flexibility index (Phi) is 14.6. The number of aliphatic hydroxyl groups is 3. The van der Waals surface area contributed by atoms with Gasteiger partial charge in [-0.15, -0.1) is 0 Å². The molecule has 6 fully saturated rings. The van der Waals surface area contributed by atoms with Gasteiger partial charge in [-0.25, -0.2) is 0 Å². The molecule has 5 unspecified atom stereocenters. The Morgan fingerprint density at radius 3 is 2.32 bits per heavy atom. The zero-order chi connectivity index (χ0) is 54.2. The fourth-order valence-corrected chi connectivity index (χ4v) is 17.3. The maximum Gasteiger partial charge on any atom is 0.322 e. The van der Waals surface area contributed by atoms with E-state index in [2.05, 4.69) is 62.7 Å². The van der Waals surface area contributed by atoms with Crippen molar-refractivity contribution < 1.29 is 53.4 Å². The first-order chi connectivity index (χ1) is 37.0. The van der Waals surface area contributed by atoms with E-state index in [-0.39, 0.29) is 41.7 Å². The van der Waals surface area contributed by atoms with Crippen LogP contribution in [0.25, 0.3) is 10.9 Å². The number of piperidine rings is 1. The lowest BCUT2D eigenvalue weighted by atomic mass is 9.47. The summed E-state index contributed by atoms with van der Waals surface area (Å²) in [6.45, 7) is 10.4. The number of carbonyl (C=O) groups is 3. The number of aliphatic hydroxyl groups excluding tert-OH is 1. The highest BCUT2D eigenvalue weighted by Crippen LogP contribution is 2.68. The first-order valence-electron chi connectivity index (χ1n) is 28.6. The number of benzene rings is 2. The number of Topliss-reactive ketones (excluding diaryl/α,β-unsaturated/α-hetero) is 1. The SMILES string of the molecule is CC[C@]12C=CCN3CCC4(c5cc([C@]6(C(=O)OC)CC7CN(CCc8c6[nH]c6ccccc86)C[C@@](C)(O)C7)c(OC)cc5N(C)C4[C@@](O)(C(=O)NCC45CCC(CNCC(=O)COCCOCCOC)(CC4)CC5)[C@@H]1O)C32. The van der Waals surface area contributed by atoms with Gasteiger partial charge in [0, 0.05) is 104 Å². The van der Waals surface area contributed by atoms with Crippen molar-refractivity contribution in [3.63, 3.8) is 0 Å². The maximum absolute atomic E-state index is 15.6. The predicted octanol–water partition coefficient (Wildman–Crippen LogP) is 4.15. The normalized spacial score (nSPS) is 36.8. The van der Waals surface area contributed by atoms with Crippen molar-refractivity contribution in [3.05, 3.63) is 70.9 Å². The minimum atomic E-state index is -2.27. The Labute approximate surface area is 453 Å². The molecule has 1 amide bonds. The second-order valence-corrected chi connectivity index (χ2v) is 25.0. The van der Waals surface area contributed by atoms with Crippen LogP contribution in [-0.4, -0.2) is 191 Å². The largest absolute Gasteiger partial charge is 0.496 e. The number of carbonyl (C=O) groups excluding carboxylic acids is 3. The summed E-state index contributed by atoms with van der Waals surface area (Å²) in [7, 11) is 6.64. The Morgan fingerprint density at radius 1 is 0.870 bits per heavy atom. The summed E-state index contributed by atoms with van der Waals surface area (Å²) >= 11 is 0. The van der Waals surface area contributed by atoms with Crippen LogP contribution < -0.4 is 20.3 Å². The van der Waals surface area contributed by atoms with Gasteiger partial charge in [-0.2, -0.15) is 0 Å². The molecule has 2 aromatic carbocycles. The highest BCUT2D eigenvalue weighted by molar-refractivity contribution is 5.95. The van der Waals surface area contributed by atoms with E-state index in [0.717, 1.165) is 78.5 Å². The molecular weight excluding hydrogens is 981 g/mol. The second kappa shape index (κ2) is 20.6. The zero-order valence-corrected chi connectivity index (χ0v) is 46.3. The molecule has 2 saturated heterocycles. The van der Waals surface area contributed by atoms with Crippen molar-refractivity contribution in [1.82, 2.24) is 25.4 Å². The quantitative estimate of drug-likeness (QED) is 0.0567. The van der Waals surface area contributed by atoms with Gasteiger partial charge in [-0.1, -0.05) is 37.3 Å². The van der Waals surface area contributed by atoms with Crippen LogP contribution in [0.4, 0.5) is 5.69 Å². The molecule has 4 bridgehead atoms. The molecule has 5 aliphatic heterocycles. The second-order valence-electron chi connectivity index (χ2n) is 25.0. The topological polar surface area (TPSA) is 208 Å². The minimum absolute atomic E-state index is 0.00305. The number of anilines is 1. The Hall–Kier alpha value is -4.43. The zero-order valence-electron chi connectivity index (χ0n) is 46.3. The van der Waals surface area contributed by atoms with Crippen LogP contribution in [0.1, 0.15) is 100 Å². The number of amides is 1. The van der Waals surface area contributed by atoms with Gasteiger partial charge in [0.2, 0.25) is 0 Å². The van der Waals surface area contributed by atoms with Gasteiger partial charge in [-0.05, 0) is 124 Å². The number of nitrogens with one attached hydrogen (secondary N) is 3. The number of hydrogen-bond acceptors (Lipinski definition) is 15.